The van der Waals surface area contributed by atoms with Gasteiger partial charge in [0.1, 0.15) is 6.33 Å². The standard InChI is InChI=1S/C19H25N5O/c1-22-7-3-2-4-18(19(22)25)24-10-8-23(9-11-24)16-5-6-17-15(12-16)13-20-14-21-17/h5-6,12-14,18H,2-4,7-11H2,1H3. The molecule has 2 saturated heterocycles. The number of hydrogen-bond donors (Lipinski definition) is 0. The summed E-state index contributed by atoms with van der Waals surface area (Å²) in [7, 11) is 1.94. The first-order chi connectivity index (χ1) is 12.2. The van der Waals surface area contributed by atoms with Crippen molar-refractivity contribution in [3.63, 3.8) is 0 Å². The van der Waals surface area contributed by atoms with Crippen LogP contribution >= 0.6 is 0 Å². The van der Waals surface area contributed by atoms with Crippen LogP contribution in [0.25, 0.3) is 10.9 Å². The molecule has 2 aliphatic rings. The highest BCUT2D eigenvalue weighted by atomic mass is 16.2. The maximum atomic E-state index is 12.6. The Morgan fingerprint density at radius 3 is 2.76 bits per heavy atom. The lowest BCUT2D eigenvalue weighted by Gasteiger charge is -2.40. The van der Waals surface area contributed by atoms with Gasteiger partial charge in [0.05, 0.1) is 11.6 Å². The molecule has 1 atom stereocenters. The summed E-state index contributed by atoms with van der Waals surface area (Å²) >= 11 is 0. The minimum atomic E-state index is 0.0691. The SMILES string of the molecule is CN1CCCCC(N2CCN(c3ccc4ncncc4c3)CC2)C1=O. The number of piperazine rings is 1. The largest absolute Gasteiger partial charge is 0.369 e. The van der Waals surface area contributed by atoms with Crippen molar-refractivity contribution in [2.75, 3.05) is 44.7 Å². The van der Waals surface area contributed by atoms with Crippen molar-refractivity contribution in [1.29, 1.82) is 0 Å². The van der Waals surface area contributed by atoms with Gasteiger partial charge in [-0.2, -0.15) is 0 Å². The van der Waals surface area contributed by atoms with Crippen molar-refractivity contribution in [3.05, 3.63) is 30.7 Å². The molecule has 6 nitrogen and oxygen atoms in total. The van der Waals surface area contributed by atoms with Crippen LogP contribution in [0.5, 0.6) is 0 Å². The molecule has 1 unspecified atom stereocenters. The van der Waals surface area contributed by atoms with E-state index >= 15 is 0 Å². The lowest BCUT2D eigenvalue weighted by molar-refractivity contribution is -0.135. The van der Waals surface area contributed by atoms with E-state index in [9.17, 15) is 4.79 Å². The van der Waals surface area contributed by atoms with E-state index in [1.807, 2.05) is 18.1 Å². The van der Waals surface area contributed by atoms with Gasteiger partial charge < -0.3 is 9.80 Å². The Hall–Kier alpha value is -2.21. The first-order valence-electron chi connectivity index (χ1n) is 9.16. The highest BCUT2D eigenvalue weighted by Gasteiger charge is 2.32. The van der Waals surface area contributed by atoms with E-state index in [4.69, 9.17) is 0 Å². The van der Waals surface area contributed by atoms with Crippen molar-refractivity contribution >= 4 is 22.5 Å². The van der Waals surface area contributed by atoms with Crippen LogP contribution in [-0.4, -0.2) is 71.5 Å². The first kappa shape index (κ1) is 16.3. The van der Waals surface area contributed by atoms with Gasteiger partial charge in [-0.15, -0.1) is 0 Å². The van der Waals surface area contributed by atoms with Crippen LogP contribution in [0.3, 0.4) is 0 Å². The summed E-state index contributed by atoms with van der Waals surface area (Å²) in [5.74, 6) is 0.300. The number of amides is 1. The lowest BCUT2D eigenvalue weighted by Crippen LogP contribution is -2.54. The van der Waals surface area contributed by atoms with E-state index in [1.165, 1.54) is 5.69 Å². The molecule has 2 aromatic rings. The molecule has 6 heteroatoms. The molecule has 0 bridgehead atoms. The van der Waals surface area contributed by atoms with Gasteiger partial charge in [0, 0.05) is 57.0 Å². The average Bonchev–Trinajstić information content (AvgIpc) is 2.83. The van der Waals surface area contributed by atoms with Gasteiger partial charge >= 0.3 is 0 Å². The fraction of sp³-hybridized carbons (Fsp3) is 0.526. The summed E-state index contributed by atoms with van der Waals surface area (Å²) in [4.78, 5) is 27.7. The third-order valence-corrected chi connectivity index (χ3v) is 5.49. The van der Waals surface area contributed by atoms with E-state index < -0.39 is 0 Å². The van der Waals surface area contributed by atoms with Crippen molar-refractivity contribution in [3.8, 4) is 0 Å². The van der Waals surface area contributed by atoms with Gasteiger partial charge in [0.2, 0.25) is 5.91 Å². The monoisotopic (exact) mass is 339 g/mol. The number of fused-ring (bicyclic) bond motifs is 1. The highest BCUT2D eigenvalue weighted by Crippen LogP contribution is 2.23. The number of rotatable bonds is 2. The molecule has 4 rings (SSSR count). The molecule has 1 amide bonds. The zero-order valence-corrected chi connectivity index (χ0v) is 14.8. The van der Waals surface area contributed by atoms with Crippen LogP contribution < -0.4 is 4.90 Å². The van der Waals surface area contributed by atoms with Gasteiger partial charge in [-0.1, -0.05) is 0 Å². The number of nitrogens with zero attached hydrogens (tertiary/aromatic N) is 5. The number of hydrogen-bond acceptors (Lipinski definition) is 5. The maximum absolute atomic E-state index is 12.6. The second-order valence-electron chi connectivity index (χ2n) is 7.06. The molecule has 25 heavy (non-hydrogen) atoms. The molecule has 132 valence electrons. The third-order valence-electron chi connectivity index (χ3n) is 5.49. The van der Waals surface area contributed by atoms with E-state index in [-0.39, 0.29) is 6.04 Å². The predicted octanol–water partition coefficient (Wildman–Crippen LogP) is 1.76. The number of benzene rings is 1. The fourth-order valence-electron chi connectivity index (χ4n) is 3.97. The van der Waals surface area contributed by atoms with Crippen LogP contribution in [0, 0.1) is 0 Å². The molecule has 3 heterocycles. The van der Waals surface area contributed by atoms with Crippen molar-refractivity contribution in [2.45, 2.75) is 25.3 Å². The molecule has 2 aliphatic heterocycles. The lowest BCUT2D eigenvalue weighted by atomic mass is 10.1. The molecule has 1 aromatic heterocycles. The third kappa shape index (κ3) is 3.31. The molecular weight excluding hydrogens is 314 g/mol. The topological polar surface area (TPSA) is 52.6 Å². The Morgan fingerprint density at radius 1 is 1.08 bits per heavy atom. The Morgan fingerprint density at radius 2 is 1.92 bits per heavy atom. The summed E-state index contributed by atoms with van der Waals surface area (Å²) < 4.78 is 0. The predicted molar refractivity (Wildman–Crippen MR) is 98.6 cm³/mol. The van der Waals surface area contributed by atoms with Crippen LogP contribution in [0.1, 0.15) is 19.3 Å². The van der Waals surface area contributed by atoms with Gasteiger partial charge in [0.25, 0.3) is 0 Å². The number of aromatic nitrogens is 2. The second-order valence-corrected chi connectivity index (χ2v) is 7.06. The Balaban J connectivity index is 1.44. The summed E-state index contributed by atoms with van der Waals surface area (Å²) in [5, 5.41) is 1.07. The van der Waals surface area contributed by atoms with Gasteiger partial charge in [-0.25, -0.2) is 9.97 Å². The Bertz CT molecular complexity index is 756. The molecule has 0 saturated carbocycles. The van der Waals surface area contributed by atoms with Crippen LogP contribution in [-0.2, 0) is 4.79 Å². The number of likely N-dealkylation sites (N-methyl/N-ethyl adjacent to an activating group) is 1. The van der Waals surface area contributed by atoms with Crippen LogP contribution in [0.4, 0.5) is 5.69 Å². The quantitative estimate of drug-likeness (QED) is 0.835. The van der Waals surface area contributed by atoms with E-state index in [2.05, 4.69) is 38.0 Å². The average molecular weight is 339 g/mol. The number of carbonyl (C=O) groups is 1. The number of likely N-dealkylation sites (tertiary alicyclic amines) is 1. The minimum absolute atomic E-state index is 0.0691. The molecule has 0 spiro atoms. The van der Waals surface area contributed by atoms with Gasteiger partial charge in [0.15, 0.2) is 0 Å². The zero-order valence-electron chi connectivity index (χ0n) is 14.8. The highest BCUT2D eigenvalue weighted by molar-refractivity contribution is 5.82. The number of carbonyl (C=O) groups excluding carboxylic acids is 1. The molecule has 2 fully saturated rings. The Kier molecular flexibility index (Phi) is 4.53. The molecular formula is C19H25N5O. The smallest absolute Gasteiger partial charge is 0.239 e. The molecule has 0 radical (unpaired) electrons. The summed E-state index contributed by atoms with van der Waals surface area (Å²) in [6.45, 7) is 4.68. The van der Waals surface area contributed by atoms with Crippen molar-refractivity contribution < 1.29 is 4.79 Å². The Labute approximate surface area is 148 Å². The summed E-state index contributed by atoms with van der Waals surface area (Å²) in [6.07, 6.45) is 6.71. The molecule has 0 aliphatic carbocycles. The van der Waals surface area contributed by atoms with E-state index in [0.29, 0.717) is 5.91 Å². The first-order valence-corrected chi connectivity index (χ1v) is 9.16. The van der Waals surface area contributed by atoms with Crippen molar-refractivity contribution in [2.24, 2.45) is 0 Å². The fourth-order valence-corrected chi connectivity index (χ4v) is 3.97. The zero-order chi connectivity index (χ0) is 17.2. The van der Waals surface area contributed by atoms with Crippen LogP contribution in [0.2, 0.25) is 0 Å². The van der Waals surface area contributed by atoms with Crippen LogP contribution in [0.15, 0.2) is 30.7 Å². The minimum Gasteiger partial charge on any atom is -0.369 e. The van der Waals surface area contributed by atoms with E-state index in [1.54, 1.807) is 6.33 Å². The summed E-state index contributed by atoms with van der Waals surface area (Å²) in [6, 6.07) is 6.42. The number of anilines is 1. The van der Waals surface area contributed by atoms with Gasteiger partial charge in [-0.05, 0) is 37.5 Å². The van der Waals surface area contributed by atoms with Gasteiger partial charge in [-0.3, -0.25) is 9.69 Å². The molecule has 1 aromatic carbocycles. The summed E-state index contributed by atoms with van der Waals surface area (Å²) in [5.41, 5.74) is 2.19. The van der Waals surface area contributed by atoms with E-state index in [0.717, 1.165) is 62.9 Å². The normalized spacial score (nSPS) is 23.1. The van der Waals surface area contributed by atoms with Crippen molar-refractivity contribution in [1.82, 2.24) is 19.8 Å². The maximum Gasteiger partial charge on any atom is 0.239 e. The molecule has 0 N–H and O–H groups in total. The second kappa shape index (κ2) is 6.96.